The van der Waals surface area contributed by atoms with E-state index in [1.165, 1.54) is 0 Å². The maximum atomic E-state index is 11.2. The minimum absolute atomic E-state index is 0.0318. The monoisotopic (exact) mass is 212 g/mol. The topological polar surface area (TPSA) is 52.6 Å². The van der Waals surface area contributed by atoms with Crippen LogP contribution in [0.1, 0.15) is 32.6 Å². The molecule has 0 amide bonds. The number of ether oxygens (including phenoxy) is 2. The third kappa shape index (κ3) is 4.63. The number of hydrogen-bond acceptors (Lipinski definition) is 4. The maximum absolute atomic E-state index is 11.2. The van der Waals surface area contributed by atoms with Gasteiger partial charge in [-0.2, -0.15) is 0 Å². The number of carbonyl (C=O) groups is 2. The Bertz CT molecular complexity index is 251. The molecule has 1 rings (SSSR count). The van der Waals surface area contributed by atoms with Crippen LogP contribution in [-0.2, 0) is 19.1 Å². The van der Waals surface area contributed by atoms with E-state index < -0.39 is 11.9 Å². The van der Waals surface area contributed by atoms with E-state index in [2.05, 4.69) is 4.74 Å². The molecule has 1 aliphatic carbocycles. The van der Waals surface area contributed by atoms with Crippen LogP contribution in [0.25, 0.3) is 0 Å². The lowest BCUT2D eigenvalue weighted by Crippen LogP contribution is -2.13. The molecule has 0 aliphatic heterocycles. The maximum Gasteiger partial charge on any atom is 0.331 e. The third-order valence-electron chi connectivity index (χ3n) is 2.23. The van der Waals surface area contributed by atoms with Crippen LogP contribution in [0.5, 0.6) is 0 Å². The van der Waals surface area contributed by atoms with Gasteiger partial charge in [0.05, 0.1) is 6.61 Å². The van der Waals surface area contributed by atoms with E-state index in [4.69, 9.17) is 4.74 Å². The van der Waals surface area contributed by atoms with Crippen LogP contribution in [0, 0.1) is 0 Å². The van der Waals surface area contributed by atoms with Crippen LogP contribution < -0.4 is 0 Å². The second-order valence-electron chi connectivity index (χ2n) is 3.43. The molecule has 0 N–H and O–H groups in total. The summed E-state index contributed by atoms with van der Waals surface area (Å²) in [5.74, 6) is -0.976. The van der Waals surface area contributed by atoms with Gasteiger partial charge in [0.25, 0.3) is 0 Å². The summed E-state index contributed by atoms with van der Waals surface area (Å²) < 4.78 is 9.74. The first kappa shape index (κ1) is 11.8. The molecule has 4 nitrogen and oxygen atoms in total. The summed E-state index contributed by atoms with van der Waals surface area (Å²) in [6, 6.07) is 0. The normalized spacial score (nSPS) is 16.9. The molecule has 0 heterocycles. The second-order valence-corrected chi connectivity index (χ2v) is 3.43. The van der Waals surface area contributed by atoms with Crippen molar-refractivity contribution in [3.05, 3.63) is 12.2 Å². The third-order valence-corrected chi connectivity index (χ3v) is 2.23. The fraction of sp³-hybridized carbons (Fsp3) is 0.636. The van der Waals surface area contributed by atoms with Crippen molar-refractivity contribution in [1.82, 2.24) is 0 Å². The van der Waals surface area contributed by atoms with Crippen LogP contribution in [0.4, 0.5) is 0 Å². The van der Waals surface area contributed by atoms with Crippen molar-refractivity contribution >= 4 is 11.9 Å². The molecule has 0 radical (unpaired) electrons. The molecule has 1 aliphatic rings. The number of hydrogen-bond donors (Lipinski definition) is 0. The fourth-order valence-corrected chi connectivity index (χ4v) is 1.54. The van der Waals surface area contributed by atoms with E-state index in [1.54, 1.807) is 6.92 Å². The van der Waals surface area contributed by atoms with E-state index in [0.29, 0.717) is 6.61 Å². The average Bonchev–Trinajstić information content (AvgIpc) is 2.68. The van der Waals surface area contributed by atoms with Gasteiger partial charge in [-0.1, -0.05) is 0 Å². The molecule has 15 heavy (non-hydrogen) atoms. The van der Waals surface area contributed by atoms with Crippen molar-refractivity contribution in [2.75, 3.05) is 6.61 Å². The largest absolute Gasteiger partial charge is 0.463 e. The molecular formula is C11H16O4. The van der Waals surface area contributed by atoms with Gasteiger partial charge in [0.1, 0.15) is 6.10 Å². The Balaban J connectivity index is 2.25. The predicted molar refractivity (Wildman–Crippen MR) is 54.1 cm³/mol. The van der Waals surface area contributed by atoms with Gasteiger partial charge < -0.3 is 9.47 Å². The molecule has 0 spiro atoms. The van der Waals surface area contributed by atoms with E-state index in [9.17, 15) is 9.59 Å². The summed E-state index contributed by atoms with van der Waals surface area (Å²) in [5, 5.41) is 0. The number of carbonyl (C=O) groups excluding carboxylic acids is 2. The highest BCUT2D eigenvalue weighted by molar-refractivity contribution is 5.91. The lowest BCUT2D eigenvalue weighted by Gasteiger charge is -2.08. The summed E-state index contributed by atoms with van der Waals surface area (Å²) in [6.07, 6.45) is 6.33. The minimum Gasteiger partial charge on any atom is -0.463 e. The SMILES string of the molecule is CCOC(=O)/C=C\C(=O)OC1CCCC1. The molecule has 1 saturated carbocycles. The minimum atomic E-state index is -0.513. The van der Waals surface area contributed by atoms with Crippen molar-refractivity contribution in [2.45, 2.75) is 38.7 Å². The summed E-state index contributed by atoms with van der Waals surface area (Å²) >= 11 is 0. The van der Waals surface area contributed by atoms with Crippen LogP contribution in [0.15, 0.2) is 12.2 Å². The number of rotatable bonds is 4. The van der Waals surface area contributed by atoms with Gasteiger partial charge >= 0.3 is 11.9 Å². The van der Waals surface area contributed by atoms with Crippen LogP contribution in [0.2, 0.25) is 0 Å². The van der Waals surface area contributed by atoms with Crippen molar-refractivity contribution in [3.8, 4) is 0 Å². The van der Waals surface area contributed by atoms with E-state index >= 15 is 0 Å². The van der Waals surface area contributed by atoms with Crippen molar-refractivity contribution < 1.29 is 19.1 Å². The van der Waals surface area contributed by atoms with Crippen molar-refractivity contribution in [3.63, 3.8) is 0 Å². The molecular weight excluding hydrogens is 196 g/mol. The highest BCUT2D eigenvalue weighted by Crippen LogP contribution is 2.20. The molecule has 0 aromatic heterocycles. The highest BCUT2D eigenvalue weighted by Gasteiger charge is 2.17. The zero-order chi connectivity index (χ0) is 11.1. The van der Waals surface area contributed by atoms with E-state index in [1.807, 2.05) is 0 Å². The fourth-order valence-electron chi connectivity index (χ4n) is 1.54. The van der Waals surface area contributed by atoms with Crippen molar-refractivity contribution in [2.24, 2.45) is 0 Å². The zero-order valence-electron chi connectivity index (χ0n) is 8.90. The molecule has 4 heteroatoms. The summed E-state index contributed by atoms with van der Waals surface area (Å²) in [4.78, 5) is 22.1. The van der Waals surface area contributed by atoms with E-state index in [-0.39, 0.29) is 6.10 Å². The van der Waals surface area contributed by atoms with E-state index in [0.717, 1.165) is 37.8 Å². The number of esters is 2. The van der Waals surface area contributed by atoms with Gasteiger partial charge in [0.15, 0.2) is 0 Å². The van der Waals surface area contributed by atoms with Crippen molar-refractivity contribution in [1.29, 1.82) is 0 Å². The Morgan fingerprint density at radius 3 is 2.40 bits per heavy atom. The smallest absolute Gasteiger partial charge is 0.331 e. The molecule has 0 unspecified atom stereocenters. The highest BCUT2D eigenvalue weighted by atomic mass is 16.5. The summed E-state index contributed by atoms with van der Waals surface area (Å²) in [6.45, 7) is 2.02. The molecule has 0 bridgehead atoms. The Labute approximate surface area is 89.2 Å². The molecule has 0 aromatic rings. The Kier molecular flexibility index (Phi) is 4.87. The first-order chi connectivity index (χ1) is 7.22. The molecule has 84 valence electrons. The molecule has 0 atom stereocenters. The Morgan fingerprint density at radius 1 is 1.20 bits per heavy atom. The van der Waals surface area contributed by atoms with Gasteiger partial charge in [0.2, 0.25) is 0 Å². The quantitative estimate of drug-likeness (QED) is 0.524. The van der Waals surface area contributed by atoms with Gasteiger partial charge in [-0.25, -0.2) is 9.59 Å². The Morgan fingerprint density at radius 2 is 1.80 bits per heavy atom. The lowest BCUT2D eigenvalue weighted by atomic mass is 10.3. The molecule has 1 fully saturated rings. The van der Waals surface area contributed by atoms with Gasteiger partial charge in [-0.15, -0.1) is 0 Å². The first-order valence-electron chi connectivity index (χ1n) is 5.28. The Hall–Kier alpha value is -1.32. The lowest BCUT2D eigenvalue weighted by molar-refractivity contribution is -0.143. The van der Waals surface area contributed by atoms with Crippen LogP contribution >= 0.6 is 0 Å². The molecule has 0 saturated heterocycles. The standard InChI is InChI=1S/C11H16O4/c1-2-14-10(12)7-8-11(13)15-9-5-3-4-6-9/h7-9H,2-6H2,1H3/b8-7-. The molecule has 0 aromatic carbocycles. The van der Waals surface area contributed by atoms with Crippen LogP contribution in [0.3, 0.4) is 0 Å². The van der Waals surface area contributed by atoms with Gasteiger partial charge in [0, 0.05) is 12.2 Å². The average molecular weight is 212 g/mol. The predicted octanol–water partition coefficient (Wildman–Crippen LogP) is 1.59. The second kappa shape index (κ2) is 6.22. The van der Waals surface area contributed by atoms with Gasteiger partial charge in [-0.3, -0.25) is 0 Å². The van der Waals surface area contributed by atoms with Gasteiger partial charge in [-0.05, 0) is 32.6 Å². The first-order valence-corrected chi connectivity index (χ1v) is 5.28. The zero-order valence-corrected chi connectivity index (χ0v) is 8.90. The summed E-state index contributed by atoms with van der Waals surface area (Å²) in [7, 11) is 0. The summed E-state index contributed by atoms with van der Waals surface area (Å²) in [5.41, 5.74) is 0. The van der Waals surface area contributed by atoms with Crippen LogP contribution in [-0.4, -0.2) is 24.6 Å².